The molecular formula is C14H16N2O3. The summed E-state index contributed by atoms with van der Waals surface area (Å²) in [6.07, 6.45) is 1.89. The van der Waals surface area contributed by atoms with Gasteiger partial charge in [-0.15, -0.1) is 0 Å². The summed E-state index contributed by atoms with van der Waals surface area (Å²) in [6, 6.07) is 7.37. The van der Waals surface area contributed by atoms with Crippen LogP contribution < -0.4 is 9.64 Å². The van der Waals surface area contributed by atoms with E-state index in [9.17, 15) is 10.1 Å². The van der Waals surface area contributed by atoms with Crippen LogP contribution in [0.3, 0.4) is 0 Å². The van der Waals surface area contributed by atoms with E-state index in [0.29, 0.717) is 11.3 Å². The van der Waals surface area contributed by atoms with Crippen LogP contribution in [0.2, 0.25) is 0 Å². The van der Waals surface area contributed by atoms with Crippen molar-refractivity contribution in [3.05, 3.63) is 23.8 Å². The average molecular weight is 260 g/mol. The third-order valence-corrected chi connectivity index (χ3v) is 3.42. The molecule has 0 aliphatic carbocycles. The number of benzene rings is 1. The highest BCUT2D eigenvalue weighted by molar-refractivity contribution is 5.70. The van der Waals surface area contributed by atoms with Gasteiger partial charge in [-0.1, -0.05) is 0 Å². The molecule has 0 amide bonds. The van der Waals surface area contributed by atoms with Crippen molar-refractivity contribution in [1.29, 1.82) is 5.26 Å². The number of hydrogen-bond acceptors (Lipinski definition) is 4. The van der Waals surface area contributed by atoms with E-state index in [1.165, 1.54) is 0 Å². The Bertz CT molecular complexity index is 522. The fraction of sp³-hybridized carbons (Fsp3) is 0.429. The first-order valence-corrected chi connectivity index (χ1v) is 6.22. The molecule has 0 aromatic heterocycles. The first-order chi connectivity index (χ1) is 9.15. The molecule has 100 valence electrons. The van der Waals surface area contributed by atoms with E-state index in [1.54, 1.807) is 25.3 Å². The fourth-order valence-corrected chi connectivity index (χ4v) is 2.54. The number of anilines is 1. The SMILES string of the molecule is COc1ccc(C#N)c(N2CCCC2CC(=O)O)c1. The Balaban J connectivity index is 2.34. The second kappa shape index (κ2) is 5.61. The summed E-state index contributed by atoms with van der Waals surface area (Å²) < 4.78 is 5.18. The third-order valence-electron chi connectivity index (χ3n) is 3.42. The van der Waals surface area contributed by atoms with Crippen molar-refractivity contribution in [1.82, 2.24) is 0 Å². The first-order valence-electron chi connectivity index (χ1n) is 6.22. The Kier molecular flexibility index (Phi) is 3.91. The van der Waals surface area contributed by atoms with E-state index in [2.05, 4.69) is 6.07 Å². The average Bonchev–Trinajstić information content (AvgIpc) is 2.85. The molecule has 1 saturated heterocycles. The number of nitriles is 1. The van der Waals surface area contributed by atoms with E-state index in [0.717, 1.165) is 25.1 Å². The number of carboxylic acids is 1. The number of nitrogens with zero attached hydrogens (tertiary/aromatic N) is 2. The largest absolute Gasteiger partial charge is 0.497 e. The molecule has 19 heavy (non-hydrogen) atoms. The van der Waals surface area contributed by atoms with Gasteiger partial charge in [0.05, 0.1) is 24.8 Å². The number of hydrogen-bond donors (Lipinski definition) is 1. The summed E-state index contributed by atoms with van der Waals surface area (Å²) in [4.78, 5) is 12.9. The Morgan fingerprint density at radius 3 is 3.05 bits per heavy atom. The number of carbonyl (C=O) groups is 1. The molecule has 1 aliphatic heterocycles. The number of aliphatic carboxylic acids is 1. The standard InChI is InChI=1S/C14H16N2O3/c1-19-12-5-4-10(9-15)13(8-12)16-6-2-3-11(16)7-14(17)18/h4-5,8,11H,2-3,6-7H2,1H3,(H,17,18). The molecule has 5 nitrogen and oxygen atoms in total. The summed E-state index contributed by atoms with van der Waals surface area (Å²) in [6.45, 7) is 0.778. The fourth-order valence-electron chi connectivity index (χ4n) is 2.54. The maximum absolute atomic E-state index is 10.9. The minimum Gasteiger partial charge on any atom is -0.497 e. The smallest absolute Gasteiger partial charge is 0.305 e. The van der Waals surface area contributed by atoms with E-state index >= 15 is 0 Å². The zero-order valence-corrected chi connectivity index (χ0v) is 10.8. The van der Waals surface area contributed by atoms with Gasteiger partial charge in [0, 0.05) is 18.7 Å². The molecular weight excluding hydrogens is 244 g/mol. The molecule has 5 heteroatoms. The van der Waals surface area contributed by atoms with Crippen molar-refractivity contribution in [2.75, 3.05) is 18.6 Å². The van der Waals surface area contributed by atoms with Gasteiger partial charge in [-0.25, -0.2) is 0 Å². The predicted molar refractivity (Wildman–Crippen MR) is 70.3 cm³/mol. The number of ether oxygens (including phenoxy) is 1. The normalized spacial score (nSPS) is 18.1. The van der Waals surface area contributed by atoms with E-state index < -0.39 is 5.97 Å². The van der Waals surface area contributed by atoms with Crippen LogP contribution in [0.5, 0.6) is 5.75 Å². The Morgan fingerprint density at radius 2 is 2.42 bits per heavy atom. The van der Waals surface area contributed by atoms with Gasteiger partial charge in [0.25, 0.3) is 0 Å². The van der Waals surface area contributed by atoms with Crippen LogP contribution in [0.25, 0.3) is 0 Å². The monoisotopic (exact) mass is 260 g/mol. The van der Waals surface area contributed by atoms with Gasteiger partial charge >= 0.3 is 5.97 Å². The van der Waals surface area contributed by atoms with Crippen molar-refractivity contribution < 1.29 is 14.6 Å². The lowest BCUT2D eigenvalue weighted by Gasteiger charge is -2.26. The molecule has 0 radical (unpaired) electrons. The molecule has 1 fully saturated rings. The first kappa shape index (κ1) is 13.2. The molecule has 0 bridgehead atoms. The molecule has 2 rings (SSSR count). The van der Waals surface area contributed by atoms with Crippen molar-refractivity contribution in [3.63, 3.8) is 0 Å². The van der Waals surface area contributed by atoms with Crippen LogP contribution in [0, 0.1) is 11.3 Å². The Hall–Kier alpha value is -2.22. The number of methoxy groups -OCH3 is 1. The van der Waals surface area contributed by atoms with Crippen molar-refractivity contribution in [2.45, 2.75) is 25.3 Å². The van der Waals surface area contributed by atoms with Gasteiger partial charge in [0.15, 0.2) is 0 Å². The Labute approximate surface area is 112 Å². The number of carboxylic acid groups (broad SMARTS) is 1. The maximum atomic E-state index is 10.9. The van der Waals surface area contributed by atoms with Gasteiger partial charge in [0.1, 0.15) is 11.8 Å². The summed E-state index contributed by atoms with van der Waals surface area (Å²) in [5, 5.41) is 18.1. The molecule has 1 heterocycles. The quantitative estimate of drug-likeness (QED) is 0.896. The van der Waals surface area contributed by atoms with Crippen LogP contribution >= 0.6 is 0 Å². The minimum atomic E-state index is -0.807. The highest BCUT2D eigenvalue weighted by Gasteiger charge is 2.28. The molecule has 1 unspecified atom stereocenters. The van der Waals surface area contributed by atoms with Crippen molar-refractivity contribution >= 4 is 11.7 Å². The van der Waals surface area contributed by atoms with Gasteiger partial charge < -0.3 is 14.7 Å². The van der Waals surface area contributed by atoms with E-state index in [4.69, 9.17) is 9.84 Å². The maximum Gasteiger partial charge on any atom is 0.305 e. The van der Waals surface area contributed by atoms with Crippen molar-refractivity contribution in [2.24, 2.45) is 0 Å². The second-order valence-corrected chi connectivity index (χ2v) is 4.58. The third kappa shape index (κ3) is 2.79. The van der Waals surface area contributed by atoms with Gasteiger partial charge in [0.2, 0.25) is 0 Å². The minimum absolute atomic E-state index is 0.0447. The number of rotatable bonds is 4. The van der Waals surface area contributed by atoms with Gasteiger partial charge in [-0.2, -0.15) is 5.26 Å². The summed E-state index contributed by atoms with van der Waals surface area (Å²) in [5.41, 5.74) is 1.32. The van der Waals surface area contributed by atoms with Crippen LogP contribution in [-0.4, -0.2) is 30.8 Å². The molecule has 1 aromatic carbocycles. The summed E-state index contributed by atoms with van der Waals surface area (Å²) >= 11 is 0. The lowest BCUT2D eigenvalue weighted by Crippen LogP contribution is -2.31. The predicted octanol–water partition coefficient (Wildman–Crippen LogP) is 2.01. The molecule has 1 atom stereocenters. The second-order valence-electron chi connectivity index (χ2n) is 4.58. The van der Waals surface area contributed by atoms with Crippen LogP contribution in [0.1, 0.15) is 24.8 Å². The lowest BCUT2D eigenvalue weighted by molar-refractivity contribution is -0.137. The Morgan fingerprint density at radius 1 is 1.63 bits per heavy atom. The van der Waals surface area contributed by atoms with Gasteiger partial charge in [-0.05, 0) is 25.0 Å². The zero-order valence-electron chi connectivity index (χ0n) is 10.8. The molecule has 1 N–H and O–H groups in total. The van der Waals surface area contributed by atoms with E-state index in [-0.39, 0.29) is 12.5 Å². The highest BCUT2D eigenvalue weighted by Crippen LogP contribution is 2.32. The molecule has 1 aromatic rings. The highest BCUT2D eigenvalue weighted by atomic mass is 16.5. The molecule has 1 aliphatic rings. The summed E-state index contributed by atoms with van der Waals surface area (Å²) in [5.74, 6) is -0.131. The van der Waals surface area contributed by atoms with Crippen LogP contribution in [0.4, 0.5) is 5.69 Å². The zero-order chi connectivity index (χ0) is 13.8. The molecule has 0 saturated carbocycles. The van der Waals surface area contributed by atoms with Crippen LogP contribution in [0.15, 0.2) is 18.2 Å². The summed E-state index contributed by atoms with van der Waals surface area (Å²) in [7, 11) is 1.57. The molecule has 0 spiro atoms. The van der Waals surface area contributed by atoms with Crippen molar-refractivity contribution in [3.8, 4) is 11.8 Å². The lowest BCUT2D eigenvalue weighted by atomic mass is 10.1. The topological polar surface area (TPSA) is 73.6 Å². The van der Waals surface area contributed by atoms with E-state index in [1.807, 2.05) is 4.90 Å². The van der Waals surface area contributed by atoms with Crippen LogP contribution in [-0.2, 0) is 4.79 Å². The van der Waals surface area contributed by atoms with Gasteiger partial charge in [-0.3, -0.25) is 4.79 Å².